The highest BCUT2D eigenvalue weighted by Gasteiger charge is 2.51. The van der Waals surface area contributed by atoms with Crippen LogP contribution in [0, 0.1) is 13.8 Å². The summed E-state index contributed by atoms with van der Waals surface area (Å²) in [6, 6.07) is 14.5. The van der Waals surface area contributed by atoms with Crippen LogP contribution in [0.1, 0.15) is 73.8 Å². The predicted octanol–water partition coefficient (Wildman–Crippen LogP) is 2.63. The number of carbonyl (C=O) groups excluding carboxylic acids is 6. The first kappa shape index (κ1) is 47.8. The maximum absolute atomic E-state index is 13.8. The zero-order valence-corrected chi connectivity index (χ0v) is 38.7. The Kier molecular flexibility index (Phi) is 15.2. The van der Waals surface area contributed by atoms with E-state index < -0.39 is 68.0 Å². The van der Waals surface area contributed by atoms with Gasteiger partial charge in [0.25, 0.3) is 11.8 Å². The number of hydrogen-bond acceptors (Lipinski definition) is 14. The van der Waals surface area contributed by atoms with Crippen LogP contribution in [0.3, 0.4) is 0 Å². The second kappa shape index (κ2) is 20.4. The monoisotopic (exact) mass is 916 g/mol. The minimum absolute atomic E-state index is 0.0861. The molecule has 2 saturated heterocycles. The summed E-state index contributed by atoms with van der Waals surface area (Å²) in [6.07, 6.45) is 0. The van der Waals surface area contributed by atoms with E-state index in [2.05, 4.69) is 52.8 Å². The lowest BCUT2D eigenvalue weighted by Gasteiger charge is -2.25. The molecule has 2 aliphatic rings. The molecule has 0 radical (unpaired) electrons. The first-order valence-corrected chi connectivity index (χ1v) is 22.9. The first-order valence-electron chi connectivity index (χ1n) is 21.1. The van der Waals surface area contributed by atoms with Crippen LogP contribution in [-0.2, 0) is 19.2 Å². The summed E-state index contributed by atoms with van der Waals surface area (Å²) in [5.74, 6) is -2.09. The maximum atomic E-state index is 13.8. The molecule has 6 atom stereocenters. The van der Waals surface area contributed by atoms with Gasteiger partial charge in [0.15, 0.2) is 0 Å². The molecule has 8 N–H and O–H groups in total. The van der Waals surface area contributed by atoms with Crippen molar-refractivity contribution in [2.75, 3.05) is 26.2 Å². The third kappa shape index (κ3) is 10.6. The SMILES string of the molecule is CCNC(=O)[C@@H](NC(=O)c1c(-c2ccccc2)noc1C)[C@@H]1N[C@@H](C(=O)NCCNC(=O)[C@@H]2N[C@@H]([C@H](NC(=O)c3c(-c4ccccc4)noc3C)C(=O)NCC)SC2(C)C)C(C)(C)S1. The van der Waals surface area contributed by atoms with Crippen LogP contribution in [0.25, 0.3) is 22.5 Å². The number of amides is 6. The number of thioether (sulfide) groups is 2. The van der Waals surface area contributed by atoms with Crippen LogP contribution < -0.4 is 42.5 Å². The predicted molar refractivity (Wildman–Crippen MR) is 244 cm³/mol. The second-order valence-corrected chi connectivity index (χ2v) is 20.0. The number of carbonyl (C=O) groups is 6. The first-order chi connectivity index (χ1) is 30.5. The van der Waals surface area contributed by atoms with Crippen LogP contribution in [-0.4, -0.2) is 116 Å². The van der Waals surface area contributed by atoms with Crippen LogP contribution >= 0.6 is 23.5 Å². The Hall–Kier alpha value is -5.70. The third-order valence-corrected chi connectivity index (χ3v) is 13.9. The van der Waals surface area contributed by atoms with Gasteiger partial charge in [-0.15, -0.1) is 23.5 Å². The van der Waals surface area contributed by atoms with Crippen molar-refractivity contribution >= 4 is 59.0 Å². The smallest absolute Gasteiger partial charge is 0.257 e. The van der Waals surface area contributed by atoms with E-state index in [0.717, 1.165) is 0 Å². The highest BCUT2D eigenvalue weighted by atomic mass is 32.2. The van der Waals surface area contributed by atoms with Crippen molar-refractivity contribution in [2.45, 2.75) is 99.8 Å². The molecule has 0 unspecified atom stereocenters. The Labute approximate surface area is 380 Å². The fraction of sp³-hybridized carbons (Fsp3) is 0.455. The van der Waals surface area contributed by atoms with Crippen LogP contribution in [0.5, 0.6) is 0 Å². The number of nitrogens with zero attached hydrogens (tertiary/aromatic N) is 2. The Morgan fingerprint density at radius 2 is 0.969 bits per heavy atom. The van der Waals surface area contributed by atoms with Gasteiger partial charge in [-0.2, -0.15) is 0 Å². The van der Waals surface area contributed by atoms with Gasteiger partial charge in [-0.25, -0.2) is 0 Å². The van der Waals surface area contributed by atoms with E-state index in [0.29, 0.717) is 35.6 Å². The second-order valence-electron chi connectivity index (χ2n) is 16.4. The van der Waals surface area contributed by atoms with Gasteiger partial charge in [-0.05, 0) is 55.4 Å². The summed E-state index contributed by atoms with van der Waals surface area (Å²) >= 11 is 2.70. The van der Waals surface area contributed by atoms with Gasteiger partial charge >= 0.3 is 0 Å². The highest BCUT2D eigenvalue weighted by molar-refractivity contribution is 8.01. The number of benzene rings is 2. The number of rotatable bonds is 17. The lowest BCUT2D eigenvalue weighted by molar-refractivity contribution is -0.126. The molecule has 6 rings (SSSR count). The topological polar surface area (TPSA) is 251 Å². The average molecular weight is 917 g/mol. The lowest BCUT2D eigenvalue weighted by Crippen LogP contribution is -2.58. The molecule has 0 aliphatic carbocycles. The highest BCUT2D eigenvalue weighted by Crippen LogP contribution is 2.41. The van der Waals surface area contributed by atoms with E-state index >= 15 is 0 Å². The zero-order chi connectivity index (χ0) is 46.3. The maximum Gasteiger partial charge on any atom is 0.257 e. The molecule has 2 fully saturated rings. The molecule has 2 aromatic heterocycles. The van der Waals surface area contributed by atoms with Crippen LogP contribution in [0.2, 0.25) is 0 Å². The van der Waals surface area contributed by atoms with Crippen molar-refractivity contribution in [1.29, 1.82) is 0 Å². The van der Waals surface area contributed by atoms with Crippen LogP contribution in [0.4, 0.5) is 0 Å². The van der Waals surface area contributed by atoms with Crippen molar-refractivity contribution in [2.24, 2.45) is 0 Å². The molecule has 4 heterocycles. The molecule has 0 spiro atoms. The molecule has 0 saturated carbocycles. The van der Waals surface area contributed by atoms with E-state index in [9.17, 15) is 28.8 Å². The molecule has 0 bridgehead atoms. The van der Waals surface area contributed by atoms with Crippen molar-refractivity contribution in [1.82, 2.24) is 52.8 Å². The summed E-state index contributed by atoms with van der Waals surface area (Å²) in [5, 5.41) is 30.5. The summed E-state index contributed by atoms with van der Waals surface area (Å²) in [4.78, 5) is 82.0. The summed E-state index contributed by atoms with van der Waals surface area (Å²) < 4.78 is 9.35. The number of likely N-dealkylation sites (N-methyl/N-ethyl adjacent to an activating group) is 2. The fourth-order valence-electron chi connectivity index (χ4n) is 7.69. The molecule has 4 aromatic rings. The molecule has 2 aromatic carbocycles. The van der Waals surface area contributed by atoms with Crippen LogP contribution in [0.15, 0.2) is 69.7 Å². The zero-order valence-electron chi connectivity index (χ0n) is 37.0. The normalized spacial score (nSPS) is 20.7. The van der Waals surface area contributed by atoms with Crippen molar-refractivity contribution < 1.29 is 37.8 Å². The molecular weight excluding hydrogens is 861 g/mol. The van der Waals surface area contributed by atoms with Gasteiger partial charge in [0.05, 0.1) is 10.7 Å². The van der Waals surface area contributed by atoms with Gasteiger partial charge in [-0.1, -0.05) is 71.0 Å². The van der Waals surface area contributed by atoms with Gasteiger partial charge < -0.3 is 40.9 Å². The Bertz CT molecular complexity index is 2180. The Balaban J connectivity index is 1.06. The van der Waals surface area contributed by atoms with Gasteiger partial charge in [0.2, 0.25) is 23.6 Å². The molecule has 18 nitrogen and oxygen atoms in total. The molecule has 2 aliphatic heterocycles. The van der Waals surface area contributed by atoms with Crippen molar-refractivity contribution in [3.05, 3.63) is 83.3 Å². The van der Waals surface area contributed by atoms with Crippen molar-refractivity contribution in [3.8, 4) is 22.5 Å². The number of hydrogen-bond donors (Lipinski definition) is 8. The number of nitrogens with one attached hydrogen (secondary N) is 8. The summed E-state index contributed by atoms with van der Waals surface area (Å²) in [5.41, 5.74) is 2.45. The quantitative estimate of drug-likeness (QED) is 0.0710. The number of aromatic nitrogens is 2. The summed E-state index contributed by atoms with van der Waals surface area (Å²) in [6.45, 7) is 15.1. The molecule has 6 amide bonds. The van der Waals surface area contributed by atoms with E-state index in [-0.39, 0.29) is 47.6 Å². The molecular formula is C44H56N10O8S2. The molecule has 64 heavy (non-hydrogen) atoms. The standard InChI is InChI=1S/C44H56N10O8S2/c1-9-45-37(57)31(49-35(55)27-23(3)61-53-29(27)25-17-13-11-14-18-25)41-51-33(43(5,6)63-41)39(59)47-21-22-48-40(60)34-44(7,8)64-42(52-34)32(38(58)46-10-2)50-36(56)28-24(4)62-54-30(28)26-19-15-12-16-20-26/h11-20,31-34,41-42,51-52H,9-10,21-22H2,1-8H3,(H,45,57)(H,46,58)(H,47,59)(H,48,60)(H,49,55)(H,50,56)/t31-,32-,33+,34+,41-,42-/m1/s1. The van der Waals surface area contributed by atoms with E-state index in [1.165, 1.54) is 23.5 Å². The van der Waals surface area contributed by atoms with E-state index in [1.807, 2.05) is 64.1 Å². The Morgan fingerprint density at radius 1 is 0.609 bits per heavy atom. The van der Waals surface area contributed by atoms with Gasteiger partial charge in [-0.3, -0.25) is 39.4 Å². The van der Waals surface area contributed by atoms with E-state index in [1.54, 1.807) is 52.0 Å². The lowest BCUT2D eigenvalue weighted by atomic mass is 10.0. The fourth-order valence-corrected chi connectivity index (χ4v) is 10.7. The largest absolute Gasteiger partial charge is 0.360 e. The Morgan fingerprint density at radius 3 is 1.31 bits per heavy atom. The summed E-state index contributed by atoms with van der Waals surface area (Å²) in [7, 11) is 0. The minimum atomic E-state index is -1.07. The van der Waals surface area contributed by atoms with Crippen molar-refractivity contribution in [3.63, 3.8) is 0 Å². The van der Waals surface area contributed by atoms with Gasteiger partial charge in [0, 0.05) is 46.8 Å². The van der Waals surface area contributed by atoms with E-state index in [4.69, 9.17) is 9.05 Å². The molecule has 20 heteroatoms. The molecule has 342 valence electrons. The average Bonchev–Trinajstić information content (AvgIpc) is 4.02. The third-order valence-electron chi connectivity index (χ3n) is 10.9. The number of aryl methyl sites for hydroxylation is 2. The minimum Gasteiger partial charge on any atom is -0.360 e. The van der Waals surface area contributed by atoms with Gasteiger partial charge in [0.1, 0.15) is 58.2 Å².